The molecule has 0 radical (unpaired) electrons. The molecule has 0 aliphatic carbocycles. The van der Waals surface area contributed by atoms with Gasteiger partial charge in [-0.2, -0.15) is 0 Å². The molecule has 1 atom stereocenters. The zero-order valence-corrected chi connectivity index (χ0v) is 14.0. The monoisotopic (exact) mass is 329 g/mol. The van der Waals surface area contributed by atoms with Crippen molar-refractivity contribution in [1.82, 2.24) is 15.1 Å². The molecule has 1 fully saturated rings. The van der Waals surface area contributed by atoms with Gasteiger partial charge in [-0.1, -0.05) is 18.2 Å². The summed E-state index contributed by atoms with van der Waals surface area (Å²) in [4.78, 5) is 39.7. The van der Waals surface area contributed by atoms with Crippen LogP contribution in [0.1, 0.15) is 42.1 Å². The summed E-state index contributed by atoms with van der Waals surface area (Å²) in [6, 6.07) is 6.96. The van der Waals surface area contributed by atoms with Gasteiger partial charge in [-0.05, 0) is 31.4 Å². The Morgan fingerprint density at radius 1 is 1.29 bits per heavy atom. The van der Waals surface area contributed by atoms with Gasteiger partial charge in [0.2, 0.25) is 11.8 Å². The molecule has 0 bridgehead atoms. The van der Waals surface area contributed by atoms with Crippen LogP contribution >= 0.6 is 0 Å². The van der Waals surface area contributed by atoms with Crippen molar-refractivity contribution in [2.45, 2.75) is 38.8 Å². The Labute approximate surface area is 141 Å². The van der Waals surface area contributed by atoms with Crippen LogP contribution in [-0.4, -0.2) is 53.2 Å². The summed E-state index contributed by atoms with van der Waals surface area (Å²) in [5.74, 6) is -0.0325. The number of likely N-dealkylation sites (tertiary alicyclic amines) is 1. The van der Waals surface area contributed by atoms with E-state index in [2.05, 4.69) is 5.32 Å². The van der Waals surface area contributed by atoms with Crippen LogP contribution in [-0.2, 0) is 16.1 Å². The van der Waals surface area contributed by atoms with Crippen molar-refractivity contribution in [3.05, 3.63) is 35.4 Å². The second-order valence-corrected chi connectivity index (χ2v) is 6.40. The molecular weight excluding hydrogens is 306 g/mol. The molecule has 6 nitrogen and oxygen atoms in total. The Kier molecular flexibility index (Phi) is 4.83. The van der Waals surface area contributed by atoms with Crippen LogP contribution in [0.4, 0.5) is 0 Å². The number of carbonyl (C=O) groups is 3. The van der Waals surface area contributed by atoms with Crippen molar-refractivity contribution in [2.75, 3.05) is 19.6 Å². The SMILES string of the molecule is C[C@@H](C(=O)NCCCN1CCCC1=O)N1Cc2ccccc2C1=O. The first-order chi connectivity index (χ1) is 11.6. The third-order valence-corrected chi connectivity index (χ3v) is 4.77. The molecule has 128 valence electrons. The van der Waals surface area contributed by atoms with Gasteiger partial charge >= 0.3 is 0 Å². The minimum Gasteiger partial charge on any atom is -0.354 e. The van der Waals surface area contributed by atoms with Crippen molar-refractivity contribution in [2.24, 2.45) is 0 Å². The van der Waals surface area contributed by atoms with Crippen LogP contribution in [0, 0.1) is 0 Å². The topological polar surface area (TPSA) is 69.7 Å². The third kappa shape index (κ3) is 3.27. The second-order valence-electron chi connectivity index (χ2n) is 6.40. The number of nitrogens with zero attached hydrogens (tertiary/aromatic N) is 2. The minimum atomic E-state index is -0.502. The van der Waals surface area contributed by atoms with E-state index < -0.39 is 6.04 Å². The quantitative estimate of drug-likeness (QED) is 0.796. The van der Waals surface area contributed by atoms with E-state index in [-0.39, 0.29) is 17.7 Å². The van der Waals surface area contributed by atoms with Crippen molar-refractivity contribution < 1.29 is 14.4 Å². The molecule has 0 unspecified atom stereocenters. The minimum absolute atomic E-state index is 0.0871. The predicted octanol–water partition coefficient (Wildman–Crippen LogP) is 1.16. The van der Waals surface area contributed by atoms with Crippen LogP contribution in [0.25, 0.3) is 0 Å². The van der Waals surface area contributed by atoms with Gasteiger partial charge in [0.15, 0.2) is 0 Å². The zero-order chi connectivity index (χ0) is 17.1. The van der Waals surface area contributed by atoms with E-state index in [9.17, 15) is 14.4 Å². The summed E-state index contributed by atoms with van der Waals surface area (Å²) >= 11 is 0. The summed E-state index contributed by atoms with van der Waals surface area (Å²) in [6.45, 7) is 4.25. The Bertz CT molecular complexity index is 659. The average Bonchev–Trinajstić information content (AvgIpc) is 3.15. The van der Waals surface area contributed by atoms with Crippen molar-refractivity contribution in [3.63, 3.8) is 0 Å². The fraction of sp³-hybridized carbons (Fsp3) is 0.500. The number of benzene rings is 1. The van der Waals surface area contributed by atoms with Gasteiger partial charge < -0.3 is 15.1 Å². The first kappa shape index (κ1) is 16.5. The van der Waals surface area contributed by atoms with E-state index in [1.165, 1.54) is 0 Å². The highest BCUT2D eigenvalue weighted by atomic mass is 16.2. The van der Waals surface area contributed by atoms with Gasteiger partial charge in [0.1, 0.15) is 6.04 Å². The molecule has 6 heteroatoms. The van der Waals surface area contributed by atoms with Gasteiger partial charge in [-0.25, -0.2) is 0 Å². The van der Waals surface area contributed by atoms with Gasteiger partial charge in [0.25, 0.3) is 5.91 Å². The van der Waals surface area contributed by atoms with Crippen LogP contribution in [0.2, 0.25) is 0 Å². The highest BCUT2D eigenvalue weighted by molar-refractivity contribution is 6.01. The molecule has 24 heavy (non-hydrogen) atoms. The molecule has 1 saturated heterocycles. The maximum absolute atomic E-state index is 12.4. The summed E-state index contributed by atoms with van der Waals surface area (Å²) in [5, 5.41) is 2.87. The average molecular weight is 329 g/mol. The van der Waals surface area contributed by atoms with Crippen LogP contribution in [0.15, 0.2) is 24.3 Å². The lowest BCUT2D eigenvalue weighted by atomic mass is 10.1. The molecule has 2 heterocycles. The maximum Gasteiger partial charge on any atom is 0.255 e. The van der Waals surface area contributed by atoms with Gasteiger partial charge in [-0.3, -0.25) is 14.4 Å². The molecular formula is C18H23N3O3. The number of amides is 3. The molecule has 1 N–H and O–H groups in total. The van der Waals surface area contributed by atoms with Gasteiger partial charge in [0.05, 0.1) is 0 Å². The molecule has 3 rings (SSSR count). The van der Waals surface area contributed by atoms with E-state index in [1.54, 1.807) is 17.9 Å². The lowest BCUT2D eigenvalue weighted by molar-refractivity contribution is -0.127. The van der Waals surface area contributed by atoms with Crippen LogP contribution in [0.5, 0.6) is 0 Å². The second kappa shape index (κ2) is 7.03. The van der Waals surface area contributed by atoms with Gasteiger partial charge in [-0.15, -0.1) is 0 Å². The lowest BCUT2D eigenvalue weighted by Gasteiger charge is -2.23. The number of rotatable bonds is 6. The highest BCUT2D eigenvalue weighted by Crippen LogP contribution is 2.24. The van der Waals surface area contributed by atoms with E-state index in [1.807, 2.05) is 23.1 Å². The Hall–Kier alpha value is -2.37. The Balaban J connectivity index is 1.46. The molecule has 0 saturated carbocycles. The molecule has 2 aliphatic rings. The largest absolute Gasteiger partial charge is 0.354 e. The number of fused-ring (bicyclic) bond motifs is 1. The number of carbonyl (C=O) groups excluding carboxylic acids is 3. The summed E-state index contributed by atoms with van der Waals surface area (Å²) < 4.78 is 0. The Morgan fingerprint density at radius 3 is 2.79 bits per heavy atom. The number of hydrogen-bond acceptors (Lipinski definition) is 3. The van der Waals surface area contributed by atoms with Crippen molar-refractivity contribution >= 4 is 17.7 Å². The molecule has 0 aromatic heterocycles. The van der Waals surface area contributed by atoms with Crippen LogP contribution in [0.3, 0.4) is 0 Å². The fourth-order valence-corrected chi connectivity index (χ4v) is 3.30. The van der Waals surface area contributed by atoms with Crippen molar-refractivity contribution in [3.8, 4) is 0 Å². The normalized spacial score (nSPS) is 18.0. The summed E-state index contributed by atoms with van der Waals surface area (Å²) in [6.07, 6.45) is 2.30. The Morgan fingerprint density at radius 2 is 2.08 bits per heavy atom. The van der Waals surface area contributed by atoms with E-state index >= 15 is 0 Å². The van der Waals surface area contributed by atoms with Crippen molar-refractivity contribution in [1.29, 1.82) is 0 Å². The third-order valence-electron chi connectivity index (χ3n) is 4.77. The first-order valence-corrected chi connectivity index (χ1v) is 8.52. The molecule has 1 aromatic rings. The maximum atomic E-state index is 12.4. The van der Waals surface area contributed by atoms with Gasteiger partial charge in [0, 0.05) is 38.2 Å². The van der Waals surface area contributed by atoms with E-state index in [0.29, 0.717) is 31.6 Å². The number of hydrogen-bond donors (Lipinski definition) is 1. The fourth-order valence-electron chi connectivity index (χ4n) is 3.30. The zero-order valence-electron chi connectivity index (χ0n) is 14.0. The molecule has 0 spiro atoms. The summed E-state index contributed by atoms with van der Waals surface area (Å²) in [7, 11) is 0. The molecule has 3 amide bonds. The smallest absolute Gasteiger partial charge is 0.255 e. The lowest BCUT2D eigenvalue weighted by Crippen LogP contribution is -2.45. The first-order valence-electron chi connectivity index (χ1n) is 8.52. The molecule has 2 aliphatic heterocycles. The van der Waals surface area contributed by atoms with E-state index in [0.717, 1.165) is 24.9 Å². The number of nitrogens with one attached hydrogen (secondary N) is 1. The van der Waals surface area contributed by atoms with Crippen LogP contribution < -0.4 is 5.32 Å². The standard InChI is InChI=1S/C18H23N3O3/c1-13(21-12-14-6-2-3-7-15(14)18(21)24)17(23)19-9-5-11-20-10-4-8-16(20)22/h2-3,6-7,13H,4-5,8-12H2,1H3,(H,19,23)/t13-/m0/s1. The predicted molar refractivity (Wildman–Crippen MR) is 89.2 cm³/mol. The molecule has 1 aromatic carbocycles. The highest BCUT2D eigenvalue weighted by Gasteiger charge is 2.33. The van der Waals surface area contributed by atoms with E-state index in [4.69, 9.17) is 0 Å². The summed E-state index contributed by atoms with van der Waals surface area (Å²) in [5.41, 5.74) is 1.65.